The number of aromatic carboxylic acids is 1. The molecule has 0 atom stereocenters. The second-order valence-corrected chi connectivity index (χ2v) is 31.7. The van der Waals surface area contributed by atoms with Crippen LogP contribution < -0.4 is 17.2 Å². The lowest BCUT2D eigenvalue weighted by Crippen LogP contribution is -2.23. The number of hydrogen-bond donors (Lipinski definition) is 9. The highest BCUT2D eigenvalue weighted by Crippen LogP contribution is 2.28. The number of aliphatic carboxylic acids is 5. The zero-order valence-electron chi connectivity index (χ0n) is 75.4. The first-order valence-corrected chi connectivity index (χ1v) is 40.3. The maximum Gasteiger partial charge on any atom is 0.338 e. The quantitative estimate of drug-likeness (QED) is 0.00355. The number of benzene rings is 10. The summed E-state index contributed by atoms with van der Waals surface area (Å²) in [6, 6.07) is 64.0. The number of ether oxygens (including phenoxy) is 4. The smallest absolute Gasteiger partial charge is 0.338 e. The van der Waals surface area contributed by atoms with E-state index in [2.05, 4.69) is 20.6 Å². The van der Waals surface area contributed by atoms with Crippen LogP contribution in [0.1, 0.15) is 188 Å². The summed E-state index contributed by atoms with van der Waals surface area (Å²) in [4.78, 5) is 159. The summed E-state index contributed by atoms with van der Waals surface area (Å²) in [5.74, 6) is -7.14. The minimum Gasteiger partial charge on any atom is -0.481 e. The molecule has 0 amide bonds. The maximum atomic E-state index is 12.0. The highest BCUT2D eigenvalue weighted by Gasteiger charge is 2.23. The average molecular weight is 1850 g/mol. The molecule has 12 N–H and O–H groups in total. The Balaban J connectivity index is 0.000000516. The number of azo groups is 1. The van der Waals surface area contributed by atoms with Gasteiger partial charge in [-0.05, 0) is 275 Å². The predicted molar refractivity (Wildman–Crippen MR) is 501 cm³/mol. The van der Waals surface area contributed by atoms with E-state index in [-0.39, 0.29) is 71.8 Å². The van der Waals surface area contributed by atoms with Crippen molar-refractivity contribution >= 4 is 123 Å². The van der Waals surface area contributed by atoms with Crippen LogP contribution in [0.25, 0.3) is 6.08 Å². The molecule has 708 valence electrons. The van der Waals surface area contributed by atoms with Gasteiger partial charge in [0.05, 0.1) is 59.5 Å². The third-order valence-electron chi connectivity index (χ3n) is 16.1. The molecule has 10 aromatic rings. The Kier molecular flexibility index (Phi) is 48.2. The summed E-state index contributed by atoms with van der Waals surface area (Å²) in [5, 5.41) is 95.9. The molecule has 0 radical (unpaired) electrons. The number of carboxylic acid groups (broad SMARTS) is 6. The number of nitrogens with two attached hydrogens (primary N) is 3. The van der Waals surface area contributed by atoms with Gasteiger partial charge in [0.2, 0.25) is 0 Å². The summed E-state index contributed by atoms with van der Waals surface area (Å²) in [5.41, 5.74) is 23.3. The third-order valence-corrected chi connectivity index (χ3v) is 16.1. The lowest BCUT2D eigenvalue weighted by atomic mass is 10.1. The van der Waals surface area contributed by atoms with E-state index in [4.69, 9.17) is 66.8 Å². The molecule has 0 aliphatic rings. The molecule has 38 nitrogen and oxygen atoms in total. The number of rotatable bonds is 26. The molecule has 0 aromatic heterocycles. The van der Waals surface area contributed by atoms with Crippen molar-refractivity contribution in [2.75, 3.05) is 17.2 Å². The summed E-state index contributed by atoms with van der Waals surface area (Å²) in [7, 11) is 0. The predicted octanol–water partition coefficient (Wildman–Crippen LogP) is 20.5. The van der Waals surface area contributed by atoms with Crippen molar-refractivity contribution in [2.45, 2.75) is 157 Å². The molecule has 10 rings (SSSR count). The second kappa shape index (κ2) is 57.1. The number of carbonyl (C=O) groups excluding carboxylic acids is 4. The standard InChI is InChI=1S/C20H22N2O4.C11H13NO4.2C11H15NO2.C9H7NO4.2C9H9NO3.C9H11NO2.C7H5NO4/c1-20(2,3)26-19(25)15-8-11-16(12-9-15)21-22-17-7-5-4-6-14(17)10-13-18(23)24;1-11(2,3)16-10(13)8-4-6-9(7-5-8)12(14)15;2*1-11(2,3)14-10(13)8-4-6-9(12)7-5-8;11-9(12)6-5-7-3-1-2-4-8(7)10(13)14;2*11-9(12)6-5-7-3-1-2-4-8(7)10-13;10-8-4-2-1-3-7(8)5-6-9(11)12;9-7(10)5-1-3-6(4-2-5)8(11)12/h4-9,11-12H,10,13H2,1-3H3,(H,23,24);4-7H,1-3H3;2*4-7H,12H2,1-3H3;1-6H,(H,11,12);2*1-4H,5-6H2,(H,11,12);1-4H,5-6,10H2,(H,11,12);1-4H,(H,9,10)/b;;;;6-5+;;;;. The Morgan fingerprint density at radius 1 is 0.336 bits per heavy atom. The molecule has 10 aromatic carbocycles. The number of nitrogen functional groups attached to an aromatic ring is 3. The van der Waals surface area contributed by atoms with Crippen molar-refractivity contribution in [2.24, 2.45) is 20.6 Å². The van der Waals surface area contributed by atoms with E-state index in [1.165, 1.54) is 60.7 Å². The van der Waals surface area contributed by atoms with Gasteiger partial charge < -0.3 is 66.8 Å². The van der Waals surface area contributed by atoms with Gasteiger partial charge >= 0.3 is 59.7 Å². The molecule has 0 saturated heterocycles. The van der Waals surface area contributed by atoms with Gasteiger partial charge in [0.15, 0.2) is 0 Å². The van der Waals surface area contributed by atoms with Crippen LogP contribution in [0.2, 0.25) is 0 Å². The van der Waals surface area contributed by atoms with Gasteiger partial charge in [-0.25, -0.2) is 28.8 Å². The van der Waals surface area contributed by atoms with E-state index in [0.717, 1.165) is 29.3 Å². The lowest BCUT2D eigenvalue weighted by Gasteiger charge is -2.19. The molecule has 0 aliphatic heterocycles. The topological polar surface area (TPSA) is 620 Å². The second-order valence-electron chi connectivity index (χ2n) is 31.7. The molecule has 0 bridgehead atoms. The Labute approximate surface area is 770 Å². The average Bonchev–Trinajstić information content (AvgIpc) is 0.856. The minimum absolute atomic E-state index is 0.0204. The van der Waals surface area contributed by atoms with Gasteiger partial charge in [0.25, 0.3) is 17.1 Å². The summed E-state index contributed by atoms with van der Waals surface area (Å²) >= 11 is 0. The van der Waals surface area contributed by atoms with Crippen molar-refractivity contribution in [1.29, 1.82) is 0 Å². The maximum absolute atomic E-state index is 12.0. The largest absolute Gasteiger partial charge is 0.481 e. The molecule has 0 fully saturated rings. The first kappa shape index (κ1) is 113. The van der Waals surface area contributed by atoms with Crippen LogP contribution in [-0.2, 0) is 68.6 Å². The lowest BCUT2D eigenvalue weighted by molar-refractivity contribution is -0.385. The Morgan fingerprint density at radius 2 is 0.612 bits per heavy atom. The highest BCUT2D eigenvalue weighted by molar-refractivity contribution is 5.92. The Morgan fingerprint density at radius 3 is 0.910 bits per heavy atom. The van der Waals surface area contributed by atoms with Crippen molar-refractivity contribution in [3.05, 3.63) is 345 Å². The van der Waals surface area contributed by atoms with Crippen molar-refractivity contribution in [1.82, 2.24) is 0 Å². The van der Waals surface area contributed by atoms with Crippen LogP contribution >= 0.6 is 0 Å². The highest BCUT2D eigenvalue weighted by atomic mass is 16.6. The van der Waals surface area contributed by atoms with Crippen molar-refractivity contribution < 1.29 is 112 Å². The Hall–Kier alpha value is -17.0. The van der Waals surface area contributed by atoms with E-state index in [0.29, 0.717) is 98.9 Å². The van der Waals surface area contributed by atoms with E-state index in [1.54, 1.807) is 160 Å². The first-order valence-electron chi connectivity index (χ1n) is 40.3. The number of carboxylic acids is 6. The fourth-order valence-electron chi connectivity index (χ4n) is 9.93. The fourth-order valence-corrected chi connectivity index (χ4v) is 9.93. The zero-order chi connectivity index (χ0) is 101. The number of carbonyl (C=O) groups is 10. The summed E-state index contributed by atoms with van der Waals surface area (Å²) in [6.45, 7) is 21.7. The van der Waals surface area contributed by atoms with E-state index >= 15 is 0 Å². The third kappa shape index (κ3) is 49.4. The molecule has 134 heavy (non-hydrogen) atoms. The number of nitroso groups, excluding NO2 is 2. The number of nitrogens with zero attached hydrogens (tertiary/aromatic N) is 7. The number of aryl methyl sites for hydroxylation is 4. The molecular formula is C96H106N10O28. The van der Waals surface area contributed by atoms with Gasteiger partial charge in [-0.1, -0.05) is 84.9 Å². The van der Waals surface area contributed by atoms with Crippen molar-refractivity contribution in [3.8, 4) is 0 Å². The molecule has 0 heterocycles. The summed E-state index contributed by atoms with van der Waals surface area (Å²) < 4.78 is 20.8. The number of para-hydroxylation sites is 2. The van der Waals surface area contributed by atoms with Gasteiger partial charge in [0, 0.05) is 79.2 Å². The number of hydrogen-bond acceptors (Lipinski definition) is 29. The minimum atomic E-state index is -1.14. The monoisotopic (exact) mass is 1850 g/mol. The van der Waals surface area contributed by atoms with Gasteiger partial charge in [-0.15, -0.1) is 9.81 Å². The number of non-ortho nitro benzene ring substituents is 2. The number of esters is 4. The number of anilines is 3. The van der Waals surface area contributed by atoms with Crippen LogP contribution in [-0.4, -0.2) is 128 Å². The van der Waals surface area contributed by atoms with E-state index < -0.39 is 79.0 Å². The van der Waals surface area contributed by atoms with E-state index in [9.17, 15) is 88.1 Å². The summed E-state index contributed by atoms with van der Waals surface area (Å²) in [6.07, 6.45) is 3.85. The van der Waals surface area contributed by atoms with E-state index in [1.807, 2.05) is 98.7 Å². The fraction of sp³-hybridized carbons (Fsp3) is 0.250. The number of nitro groups is 3. The first-order chi connectivity index (χ1) is 62.7. The molecule has 0 spiro atoms. The Bertz CT molecular complexity index is 5500. The molecule has 0 saturated carbocycles. The normalized spacial score (nSPS) is 10.5. The van der Waals surface area contributed by atoms with Crippen LogP contribution in [0.4, 0.5) is 56.9 Å². The number of nitro benzene ring substituents is 3. The zero-order valence-corrected chi connectivity index (χ0v) is 75.4. The van der Waals surface area contributed by atoms with Crippen LogP contribution in [0.3, 0.4) is 0 Å². The van der Waals surface area contributed by atoms with Crippen LogP contribution in [0, 0.1) is 40.2 Å². The van der Waals surface area contributed by atoms with Gasteiger partial charge in [-0.3, -0.25) is 49.5 Å². The molecule has 0 unspecified atom stereocenters. The van der Waals surface area contributed by atoms with Crippen LogP contribution in [0.15, 0.2) is 269 Å². The molecular weight excluding hydrogens is 1740 g/mol. The SMILES string of the molecule is CC(C)(C)OC(=O)c1ccc(N)cc1.CC(C)(C)OC(=O)c1ccc(N)cc1.CC(C)(C)OC(=O)c1ccc(N=Nc2ccccc2CCC(=O)O)cc1.CC(C)(C)OC(=O)c1ccc([N+](=O)[O-])cc1.Nc1ccccc1CCC(=O)O.O=C(O)/C=C/c1ccccc1[N+](=O)[O-].O=C(O)c1ccc([N+](=O)[O-])cc1.O=Nc1ccccc1CCC(=O)O.O=Nc1ccccc1CCC(=O)O. The van der Waals surface area contributed by atoms with Crippen molar-refractivity contribution in [3.63, 3.8) is 0 Å². The van der Waals surface area contributed by atoms with Crippen LogP contribution in [0.5, 0.6) is 0 Å². The molecule has 0 aliphatic carbocycles. The van der Waals surface area contributed by atoms with Gasteiger partial charge in [-0.2, -0.15) is 10.2 Å². The molecule has 38 heteroatoms. The van der Waals surface area contributed by atoms with Gasteiger partial charge in [0.1, 0.15) is 33.8 Å².